The van der Waals surface area contributed by atoms with Gasteiger partial charge in [-0.2, -0.15) is 18.3 Å². The summed E-state index contributed by atoms with van der Waals surface area (Å²) in [6.07, 6.45) is -3.03. The van der Waals surface area contributed by atoms with Gasteiger partial charge < -0.3 is 5.32 Å². The van der Waals surface area contributed by atoms with Crippen molar-refractivity contribution in [2.24, 2.45) is 0 Å². The summed E-state index contributed by atoms with van der Waals surface area (Å²) in [5.41, 5.74) is 0.397. The molecule has 7 heteroatoms. The summed E-state index contributed by atoms with van der Waals surface area (Å²) in [6.45, 7) is 2.48. The first kappa shape index (κ1) is 14.3. The third kappa shape index (κ3) is 3.89. The Morgan fingerprint density at radius 2 is 2.18 bits per heavy atom. The van der Waals surface area contributed by atoms with Gasteiger partial charge in [0.2, 0.25) is 0 Å². The summed E-state index contributed by atoms with van der Waals surface area (Å²) in [6, 6.07) is -0.864. The zero-order valence-electron chi connectivity index (χ0n) is 9.68. The first-order valence-electron chi connectivity index (χ1n) is 5.34. The Kier molecular flexibility index (Phi) is 4.82. The second-order valence-electron chi connectivity index (χ2n) is 3.76. The van der Waals surface area contributed by atoms with Crippen molar-refractivity contribution < 1.29 is 13.2 Å². The topological polar surface area (TPSA) is 29.9 Å². The number of halogens is 4. The highest BCUT2D eigenvalue weighted by molar-refractivity contribution is 6.31. The van der Waals surface area contributed by atoms with Gasteiger partial charge in [-0.3, -0.25) is 4.68 Å². The van der Waals surface area contributed by atoms with Crippen LogP contribution in [0.5, 0.6) is 0 Å². The Morgan fingerprint density at radius 3 is 2.65 bits per heavy atom. The molecule has 0 aromatic carbocycles. The molecule has 0 bridgehead atoms. The molecule has 0 saturated heterocycles. The second kappa shape index (κ2) is 5.73. The van der Waals surface area contributed by atoms with E-state index in [0.29, 0.717) is 12.2 Å². The molecule has 0 spiro atoms. The summed E-state index contributed by atoms with van der Waals surface area (Å²) >= 11 is 5.89. The first-order chi connectivity index (χ1) is 7.89. The summed E-state index contributed by atoms with van der Waals surface area (Å²) in [7, 11) is 1.48. The van der Waals surface area contributed by atoms with E-state index in [4.69, 9.17) is 11.6 Å². The summed E-state index contributed by atoms with van der Waals surface area (Å²) < 4.78 is 38.8. The maximum atomic E-state index is 12.4. The van der Waals surface area contributed by atoms with Crippen LogP contribution in [0.3, 0.4) is 0 Å². The van der Waals surface area contributed by atoms with Crippen molar-refractivity contribution >= 4 is 11.6 Å². The quantitative estimate of drug-likeness (QED) is 0.890. The maximum absolute atomic E-state index is 12.4. The van der Waals surface area contributed by atoms with Crippen LogP contribution < -0.4 is 5.32 Å². The Morgan fingerprint density at radius 1 is 1.53 bits per heavy atom. The highest BCUT2D eigenvalue weighted by Gasteiger charge is 2.34. The third-order valence-electron chi connectivity index (χ3n) is 2.38. The average molecular weight is 270 g/mol. The molecule has 0 saturated carbocycles. The van der Waals surface area contributed by atoms with Crippen molar-refractivity contribution in [2.75, 3.05) is 7.05 Å². The highest BCUT2D eigenvalue weighted by atomic mass is 35.5. The molecule has 1 atom stereocenters. The van der Waals surface area contributed by atoms with Crippen LogP contribution in [0.25, 0.3) is 0 Å². The lowest BCUT2D eigenvalue weighted by Gasteiger charge is -2.19. The fourth-order valence-corrected chi connectivity index (χ4v) is 1.95. The molecule has 0 aliphatic carbocycles. The van der Waals surface area contributed by atoms with Crippen LogP contribution >= 0.6 is 11.6 Å². The van der Waals surface area contributed by atoms with E-state index in [9.17, 15) is 13.2 Å². The number of nitrogens with zero attached hydrogens (tertiary/aromatic N) is 2. The van der Waals surface area contributed by atoms with Crippen LogP contribution in [0.2, 0.25) is 5.02 Å². The van der Waals surface area contributed by atoms with Crippen molar-refractivity contribution in [2.45, 2.75) is 38.5 Å². The van der Waals surface area contributed by atoms with Gasteiger partial charge in [0.1, 0.15) is 0 Å². The Balaban J connectivity index is 2.98. The third-order valence-corrected chi connectivity index (χ3v) is 2.67. The van der Waals surface area contributed by atoms with E-state index in [0.717, 1.165) is 6.42 Å². The van der Waals surface area contributed by atoms with Crippen LogP contribution in [-0.4, -0.2) is 23.0 Å². The first-order valence-corrected chi connectivity index (χ1v) is 5.72. The molecule has 0 aliphatic rings. The SMILES string of the molecule is CCCn1ncc(Cl)c1C(CC(F)(F)F)NC. The zero-order chi connectivity index (χ0) is 13.1. The summed E-state index contributed by atoms with van der Waals surface area (Å²) in [5, 5.41) is 6.88. The number of hydrogen-bond donors (Lipinski definition) is 1. The van der Waals surface area contributed by atoms with E-state index < -0.39 is 18.6 Å². The number of aromatic nitrogens is 2. The average Bonchev–Trinajstić information content (AvgIpc) is 2.56. The van der Waals surface area contributed by atoms with Gasteiger partial charge in [-0.15, -0.1) is 0 Å². The molecule has 1 unspecified atom stereocenters. The fraction of sp³-hybridized carbons (Fsp3) is 0.700. The monoisotopic (exact) mass is 269 g/mol. The van der Waals surface area contributed by atoms with E-state index in [1.165, 1.54) is 17.9 Å². The van der Waals surface area contributed by atoms with Crippen molar-refractivity contribution in [3.63, 3.8) is 0 Å². The summed E-state index contributed by atoms with van der Waals surface area (Å²) in [5.74, 6) is 0. The van der Waals surface area contributed by atoms with Gasteiger partial charge in [-0.05, 0) is 13.5 Å². The lowest BCUT2D eigenvalue weighted by atomic mass is 10.1. The number of aryl methyl sites for hydroxylation is 1. The van der Waals surface area contributed by atoms with Gasteiger partial charge in [-0.25, -0.2) is 0 Å². The van der Waals surface area contributed by atoms with E-state index in [1.807, 2.05) is 6.92 Å². The Hall–Kier alpha value is -0.750. The molecule has 98 valence electrons. The van der Waals surface area contributed by atoms with Crippen LogP contribution in [0, 0.1) is 0 Å². The zero-order valence-corrected chi connectivity index (χ0v) is 10.4. The molecule has 3 nitrogen and oxygen atoms in total. The van der Waals surface area contributed by atoms with Gasteiger partial charge in [0, 0.05) is 6.54 Å². The lowest BCUT2D eigenvalue weighted by molar-refractivity contribution is -0.140. The molecule has 0 aliphatic heterocycles. The number of alkyl halides is 3. The van der Waals surface area contributed by atoms with Crippen molar-refractivity contribution in [3.05, 3.63) is 16.9 Å². The molecule has 1 heterocycles. The fourth-order valence-electron chi connectivity index (χ4n) is 1.68. The predicted molar refractivity (Wildman–Crippen MR) is 60.0 cm³/mol. The van der Waals surface area contributed by atoms with E-state index >= 15 is 0 Å². The van der Waals surface area contributed by atoms with Gasteiger partial charge >= 0.3 is 6.18 Å². The Bertz CT molecular complexity index is 362. The largest absolute Gasteiger partial charge is 0.390 e. The van der Waals surface area contributed by atoms with Crippen LogP contribution in [0.4, 0.5) is 13.2 Å². The van der Waals surface area contributed by atoms with Gasteiger partial charge in [0.15, 0.2) is 0 Å². The molecule has 0 fully saturated rings. The molecule has 1 aromatic rings. The molecular formula is C10H15ClF3N3. The lowest BCUT2D eigenvalue weighted by Crippen LogP contribution is -2.26. The van der Waals surface area contributed by atoms with Crippen LogP contribution in [0.1, 0.15) is 31.5 Å². The minimum atomic E-state index is -4.24. The second-order valence-corrected chi connectivity index (χ2v) is 4.17. The minimum Gasteiger partial charge on any atom is -0.311 e. The standard InChI is InChI=1S/C10H15ClF3N3/c1-3-4-17-9(7(11)6-16-17)8(15-2)5-10(12,13)14/h6,8,15H,3-5H2,1-2H3. The minimum absolute atomic E-state index is 0.266. The van der Waals surface area contributed by atoms with E-state index in [1.54, 1.807) is 0 Å². The number of rotatable bonds is 5. The molecular weight excluding hydrogens is 255 g/mol. The van der Waals surface area contributed by atoms with Crippen LogP contribution in [0.15, 0.2) is 6.20 Å². The summed E-state index contributed by atoms with van der Waals surface area (Å²) in [4.78, 5) is 0. The van der Waals surface area contributed by atoms with Gasteiger partial charge in [0.05, 0.1) is 29.4 Å². The maximum Gasteiger partial charge on any atom is 0.390 e. The number of hydrogen-bond acceptors (Lipinski definition) is 2. The van der Waals surface area contributed by atoms with Crippen LogP contribution in [-0.2, 0) is 6.54 Å². The molecule has 0 amide bonds. The van der Waals surface area contributed by atoms with Gasteiger partial charge in [0.25, 0.3) is 0 Å². The van der Waals surface area contributed by atoms with E-state index in [2.05, 4.69) is 10.4 Å². The predicted octanol–water partition coefficient (Wildman–Crippen LogP) is 3.16. The van der Waals surface area contributed by atoms with Crippen molar-refractivity contribution in [1.29, 1.82) is 0 Å². The number of nitrogens with one attached hydrogen (secondary N) is 1. The molecule has 1 aromatic heterocycles. The molecule has 1 rings (SSSR count). The van der Waals surface area contributed by atoms with Gasteiger partial charge in [-0.1, -0.05) is 18.5 Å². The highest BCUT2D eigenvalue weighted by Crippen LogP contribution is 2.32. The Labute approximate surface area is 103 Å². The van der Waals surface area contributed by atoms with Crippen molar-refractivity contribution in [1.82, 2.24) is 15.1 Å². The smallest absolute Gasteiger partial charge is 0.311 e. The molecule has 17 heavy (non-hydrogen) atoms. The molecule has 1 N–H and O–H groups in total. The van der Waals surface area contributed by atoms with E-state index in [-0.39, 0.29) is 5.02 Å². The normalized spacial score (nSPS) is 14.0. The van der Waals surface area contributed by atoms with Crippen molar-refractivity contribution in [3.8, 4) is 0 Å². The molecule has 0 radical (unpaired) electrons.